The summed E-state index contributed by atoms with van der Waals surface area (Å²) in [5.41, 5.74) is 6.48. The summed E-state index contributed by atoms with van der Waals surface area (Å²) in [5, 5.41) is 4.73. The third-order valence-electron chi connectivity index (χ3n) is 5.81. The summed E-state index contributed by atoms with van der Waals surface area (Å²) in [4.78, 5) is 13.9. The van der Waals surface area contributed by atoms with Gasteiger partial charge in [0.25, 0.3) is 0 Å². The molecule has 6 heteroatoms. The highest BCUT2D eigenvalue weighted by Crippen LogP contribution is 2.32. The van der Waals surface area contributed by atoms with E-state index in [0.29, 0.717) is 5.92 Å². The quantitative estimate of drug-likeness (QED) is 0.481. The van der Waals surface area contributed by atoms with Gasteiger partial charge in [-0.15, -0.1) is 0 Å². The minimum Gasteiger partial charge on any atom is -0.304 e. The average Bonchev–Trinajstić information content (AvgIpc) is 3.38. The summed E-state index contributed by atoms with van der Waals surface area (Å²) in [6.07, 6.45) is 10.00. The van der Waals surface area contributed by atoms with Gasteiger partial charge in [-0.3, -0.25) is 4.98 Å². The van der Waals surface area contributed by atoms with E-state index in [1.165, 1.54) is 11.1 Å². The number of nitrogens with zero attached hydrogens (tertiary/aromatic N) is 6. The Balaban J connectivity index is 1.39. The number of aryl methyl sites for hydroxylation is 4. The van der Waals surface area contributed by atoms with E-state index in [1.54, 1.807) is 0 Å². The molecule has 0 fully saturated rings. The first kappa shape index (κ1) is 19.4. The Morgan fingerprint density at radius 3 is 2.71 bits per heavy atom. The molecule has 4 aromatic rings. The van der Waals surface area contributed by atoms with E-state index in [2.05, 4.69) is 46.9 Å². The van der Waals surface area contributed by atoms with Crippen LogP contribution in [-0.4, -0.2) is 29.3 Å². The third kappa shape index (κ3) is 3.93. The Bertz CT molecular complexity index is 1260. The molecule has 3 aromatic heterocycles. The van der Waals surface area contributed by atoms with Crippen LogP contribution in [0.5, 0.6) is 0 Å². The first-order valence-electron chi connectivity index (χ1n) is 10.7. The first-order valence-corrected chi connectivity index (χ1v) is 10.7. The van der Waals surface area contributed by atoms with Crippen molar-refractivity contribution in [3.63, 3.8) is 0 Å². The second-order valence-electron chi connectivity index (χ2n) is 8.26. The molecular weight excluding hydrogens is 384 g/mol. The van der Waals surface area contributed by atoms with Crippen molar-refractivity contribution < 1.29 is 0 Å². The molecule has 1 atom stereocenters. The van der Waals surface area contributed by atoms with Gasteiger partial charge in [0, 0.05) is 18.7 Å². The monoisotopic (exact) mass is 410 g/mol. The van der Waals surface area contributed by atoms with E-state index < -0.39 is 0 Å². The van der Waals surface area contributed by atoms with Crippen molar-refractivity contribution in [1.82, 2.24) is 29.3 Å². The van der Waals surface area contributed by atoms with E-state index >= 15 is 0 Å². The lowest BCUT2D eigenvalue weighted by Crippen LogP contribution is -2.18. The summed E-state index contributed by atoms with van der Waals surface area (Å²) in [7, 11) is 0. The molecule has 0 bridgehead atoms. The molecule has 5 rings (SSSR count). The van der Waals surface area contributed by atoms with E-state index in [4.69, 9.17) is 15.1 Å². The topological polar surface area (TPSA) is 61.4 Å². The van der Waals surface area contributed by atoms with Crippen LogP contribution in [0.2, 0.25) is 0 Å². The predicted octanol–water partition coefficient (Wildman–Crippen LogP) is 4.88. The first-order chi connectivity index (χ1) is 15.1. The van der Waals surface area contributed by atoms with Crippen LogP contribution in [0.1, 0.15) is 58.6 Å². The van der Waals surface area contributed by atoms with Gasteiger partial charge in [0.05, 0.1) is 29.1 Å². The fraction of sp³-hybridized carbons (Fsp3) is 0.280. The lowest BCUT2D eigenvalue weighted by atomic mass is 9.90. The molecular formula is C25H26N6. The highest BCUT2D eigenvalue weighted by Gasteiger charge is 2.25. The molecule has 0 unspecified atom stereocenters. The molecule has 1 aliphatic heterocycles. The molecule has 4 heterocycles. The van der Waals surface area contributed by atoms with Crippen molar-refractivity contribution >= 4 is 12.2 Å². The predicted molar refractivity (Wildman–Crippen MR) is 122 cm³/mol. The van der Waals surface area contributed by atoms with Crippen molar-refractivity contribution in [2.75, 3.05) is 0 Å². The zero-order valence-corrected chi connectivity index (χ0v) is 18.2. The summed E-state index contributed by atoms with van der Waals surface area (Å²) in [6, 6.07) is 12.8. The Labute approximate surface area is 182 Å². The zero-order chi connectivity index (χ0) is 21.4. The maximum atomic E-state index is 4.87. The normalized spacial score (nSPS) is 16.0. The summed E-state index contributed by atoms with van der Waals surface area (Å²) in [5.74, 6) is 2.11. The van der Waals surface area contributed by atoms with Crippen molar-refractivity contribution in [3.8, 4) is 5.69 Å². The van der Waals surface area contributed by atoms with Crippen LogP contribution < -0.4 is 0 Å². The maximum Gasteiger partial charge on any atom is 0.174 e. The molecule has 31 heavy (non-hydrogen) atoms. The molecule has 0 saturated carbocycles. The smallest absolute Gasteiger partial charge is 0.174 e. The summed E-state index contributed by atoms with van der Waals surface area (Å²) in [6.45, 7) is 7.06. The van der Waals surface area contributed by atoms with Gasteiger partial charge >= 0.3 is 0 Å². The van der Waals surface area contributed by atoms with Gasteiger partial charge in [0.2, 0.25) is 0 Å². The number of pyridine rings is 1. The Morgan fingerprint density at radius 2 is 1.94 bits per heavy atom. The molecule has 0 radical (unpaired) electrons. The fourth-order valence-electron chi connectivity index (χ4n) is 4.29. The van der Waals surface area contributed by atoms with E-state index in [9.17, 15) is 0 Å². The van der Waals surface area contributed by atoms with Crippen LogP contribution in [0.4, 0.5) is 0 Å². The standard InChI is InChI=1S/C25H26N6/c1-17-6-4-7-20(14-17)22-8-5-13-31-25(22)28-24(29-31)12-10-21-9-11-23(19(3)27-21)30-15-18(2)26-16-30/h4,6-7,9-12,14-16,22H,5,8,13H2,1-3H3/b12-10+/t22-/m0/s1. The van der Waals surface area contributed by atoms with Crippen LogP contribution in [0.3, 0.4) is 0 Å². The second-order valence-corrected chi connectivity index (χ2v) is 8.26. The van der Waals surface area contributed by atoms with Crippen molar-refractivity contribution in [3.05, 3.63) is 88.8 Å². The number of rotatable bonds is 4. The highest BCUT2D eigenvalue weighted by molar-refractivity contribution is 5.65. The molecule has 1 aliphatic rings. The minimum absolute atomic E-state index is 0.307. The van der Waals surface area contributed by atoms with E-state index in [1.807, 2.05) is 49.2 Å². The third-order valence-corrected chi connectivity index (χ3v) is 5.81. The number of benzene rings is 1. The number of fused-ring (bicyclic) bond motifs is 1. The van der Waals surface area contributed by atoms with E-state index in [0.717, 1.165) is 53.8 Å². The van der Waals surface area contributed by atoms with Crippen LogP contribution in [0, 0.1) is 20.8 Å². The molecule has 0 amide bonds. The Morgan fingerprint density at radius 1 is 1.03 bits per heavy atom. The lowest BCUT2D eigenvalue weighted by molar-refractivity contribution is 0.445. The number of imidazole rings is 1. The van der Waals surface area contributed by atoms with Gasteiger partial charge < -0.3 is 4.57 Å². The van der Waals surface area contributed by atoms with Gasteiger partial charge in [-0.1, -0.05) is 29.8 Å². The minimum atomic E-state index is 0.307. The highest BCUT2D eigenvalue weighted by atomic mass is 15.4. The van der Waals surface area contributed by atoms with Crippen molar-refractivity contribution in [2.24, 2.45) is 0 Å². The van der Waals surface area contributed by atoms with Crippen LogP contribution in [0.15, 0.2) is 48.9 Å². The van der Waals surface area contributed by atoms with Crippen molar-refractivity contribution in [2.45, 2.75) is 46.1 Å². The number of hydrogen-bond donors (Lipinski definition) is 0. The number of aromatic nitrogens is 6. The second kappa shape index (κ2) is 7.95. The SMILES string of the molecule is Cc1cccc([C@@H]2CCCn3nc(/C=C/c4ccc(-n5cnc(C)c5)c(C)n4)nc32)c1. The van der Waals surface area contributed by atoms with Gasteiger partial charge in [-0.2, -0.15) is 5.10 Å². The summed E-state index contributed by atoms with van der Waals surface area (Å²) >= 11 is 0. The molecule has 1 aromatic carbocycles. The van der Waals surface area contributed by atoms with E-state index in [-0.39, 0.29) is 0 Å². The fourth-order valence-corrected chi connectivity index (χ4v) is 4.29. The van der Waals surface area contributed by atoms with Gasteiger partial charge in [0.15, 0.2) is 5.82 Å². The lowest BCUT2D eigenvalue weighted by Gasteiger charge is -2.22. The molecule has 0 aliphatic carbocycles. The van der Waals surface area contributed by atoms with Crippen LogP contribution in [0.25, 0.3) is 17.8 Å². The van der Waals surface area contributed by atoms with Crippen LogP contribution in [-0.2, 0) is 6.54 Å². The molecule has 0 N–H and O–H groups in total. The van der Waals surface area contributed by atoms with Crippen LogP contribution >= 0.6 is 0 Å². The molecule has 156 valence electrons. The van der Waals surface area contributed by atoms with Crippen molar-refractivity contribution in [1.29, 1.82) is 0 Å². The Kier molecular flexibility index (Phi) is 4.98. The number of hydrogen-bond acceptors (Lipinski definition) is 4. The largest absolute Gasteiger partial charge is 0.304 e. The maximum absolute atomic E-state index is 4.87. The van der Waals surface area contributed by atoms with Gasteiger partial charge in [-0.25, -0.2) is 14.6 Å². The Hall–Kier alpha value is -3.54. The molecule has 0 saturated heterocycles. The average molecular weight is 411 g/mol. The molecule has 0 spiro atoms. The summed E-state index contributed by atoms with van der Waals surface area (Å²) < 4.78 is 4.07. The zero-order valence-electron chi connectivity index (χ0n) is 18.2. The van der Waals surface area contributed by atoms with Gasteiger partial charge in [0.1, 0.15) is 5.82 Å². The van der Waals surface area contributed by atoms with Gasteiger partial charge in [-0.05, 0) is 63.5 Å². The molecule has 6 nitrogen and oxygen atoms in total.